The Kier molecular flexibility index (Phi) is 2.76. The molecule has 1 rings (SSSR count). The molecule has 14 heavy (non-hydrogen) atoms. The Balaban J connectivity index is 3.38. The van der Waals surface area contributed by atoms with E-state index >= 15 is 0 Å². The summed E-state index contributed by atoms with van der Waals surface area (Å²) in [6.45, 7) is 0. The topological polar surface area (TPSA) is 60.2 Å². The summed E-state index contributed by atoms with van der Waals surface area (Å²) in [5.41, 5.74) is -1.76. The first kappa shape index (κ1) is 10.5. The average Bonchev–Trinajstić information content (AvgIpc) is 2.07. The van der Waals surface area contributed by atoms with Crippen LogP contribution < -0.4 is 0 Å². The van der Waals surface area contributed by atoms with Gasteiger partial charge in [-0.2, -0.15) is 4.39 Å². The molecule has 0 bridgehead atoms. The van der Waals surface area contributed by atoms with E-state index in [1.54, 1.807) is 0 Å². The van der Waals surface area contributed by atoms with Crippen molar-refractivity contribution in [3.8, 4) is 0 Å². The van der Waals surface area contributed by atoms with Gasteiger partial charge in [0, 0.05) is 0 Å². The van der Waals surface area contributed by atoms with Gasteiger partial charge in [-0.05, 0) is 17.7 Å². The molecule has 0 saturated heterocycles. The van der Waals surface area contributed by atoms with Gasteiger partial charge in [-0.15, -0.1) is 0 Å². The normalized spacial score (nSPS) is 9.93. The van der Waals surface area contributed by atoms with Crippen molar-refractivity contribution >= 4 is 22.5 Å². The highest BCUT2D eigenvalue weighted by Gasteiger charge is 2.20. The molecule has 0 N–H and O–H groups in total. The van der Waals surface area contributed by atoms with Crippen LogP contribution in [0.3, 0.4) is 0 Å². The lowest BCUT2D eigenvalue weighted by molar-refractivity contribution is -0.387. The molecule has 0 heterocycles. The summed E-state index contributed by atoms with van der Waals surface area (Å²) in [5, 5.41) is 8.92. The molecule has 0 unspecified atom stereocenters. The van der Waals surface area contributed by atoms with Crippen molar-refractivity contribution in [1.82, 2.24) is 0 Å². The summed E-state index contributed by atoms with van der Waals surface area (Å²) in [4.78, 5) is 19.5. The summed E-state index contributed by atoms with van der Waals surface area (Å²) in [6, 6.07) is 0.702. The largest absolute Gasteiger partial charge is 0.307 e. The molecule has 74 valence electrons. The van der Waals surface area contributed by atoms with Crippen LogP contribution in [0.5, 0.6) is 0 Å². The van der Waals surface area contributed by atoms with Crippen LogP contribution in [0.15, 0.2) is 12.1 Å². The minimum Gasteiger partial charge on any atom is -0.275 e. The zero-order valence-corrected chi connectivity index (χ0v) is 7.22. The standard InChI is InChI=1S/C7H2ClF2NO3/c8-7(12)3-1-5(10)6(11(13)14)2-4(3)9/h1-2H. The van der Waals surface area contributed by atoms with E-state index in [9.17, 15) is 23.7 Å². The van der Waals surface area contributed by atoms with Gasteiger partial charge in [-0.25, -0.2) is 4.39 Å². The number of rotatable bonds is 2. The van der Waals surface area contributed by atoms with Gasteiger partial charge in [0.2, 0.25) is 5.82 Å². The lowest BCUT2D eigenvalue weighted by atomic mass is 10.2. The molecular weight excluding hydrogens is 220 g/mol. The van der Waals surface area contributed by atoms with E-state index in [0.29, 0.717) is 12.1 Å². The predicted octanol–water partition coefficient (Wildman–Crippen LogP) is 2.25. The number of carbonyl (C=O) groups excluding carboxylic acids is 1. The van der Waals surface area contributed by atoms with Crippen molar-refractivity contribution in [3.05, 3.63) is 39.4 Å². The molecule has 0 aromatic heterocycles. The maximum Gasteiger partial charge on any atom is 0.307 e. The van der Waals surface area contributed by atoms with Gasteiger partial charge in [0.1, 0.15) is 5.82 Å². The molecule has 0 aliphatic carbocycles. The first-order valence-electron chi connectivity index (χ1n) is 3.26. The van der Waals surface area contributed by atoms with Gasteiger partial charge in [0.25, 0.3) is 5.24 Å². The molecule has 4 nitrogen and oxygen atoms in total. The van der Waals surface area contributed by atoms with Crippen LogP contribution in [0.1, 0.15) is 10.4 Å². The fourth-order valence-electron chi connectivity index (χ4n) is 0.827. The Hall–Kier alpha value is -1.56. The molecule has 7 heteroatoms. The Labute approximate surface area is 81.2 Å². The van der Waals surface area contributed by atoms with Gasteiger partial charge >= 0.3 is 5.69 Å². The number of nitro groups is 1. The molecule has 0 amide bonds. The summed E-state index contributed by atoms with van der Waals surface area (Å²) in [7, 11) is 0. The second kappa shape index (κ2) is 3.67. The number of carbonyl (C=O) groups is 1. The number of halogens is 3. The molecule has 0 fully saturated rings. The van der Waals surface area contributed by atoms with Gasteiger partial charge in [0.05, 0.1) is 16.6 Å². The summed E-state index contributed by atoms with van der Waals surface area (Å²) < 4.78 is 25.7. The molecule has 0 saturated carbocycles. The predicted molar refractivity (Wildman–Crippen MR) is 43.2 cm³/mol. The number of hydrogen-bond donors (Lipinski definition) is 0. The van der Waals surface area contributed by atoms with Gasteiger partial charge in [0.15, 0.2) is 0 Å². The van der Waals surface area contributed by atoms with Crippen LogP contribution in [0, 0.1) is 21.7 Å². The van der Waals surface area contributed by atoms with Crippen molar-refractivity contribution in [3.63, 3.8) is 0 Å². The fraction of sp³-hybridized carbons (Fsp3) is 0. The number of nitro benzene ring substituents is 1. The van der Waals surface area contributed by atoms with E-state index in [-0.39, 0.29) is 0 Å². The molecule has 0 aliphatic rings. The minimum absolute atomic E-state index is 0.310. The molecular formula is C7H2ClF2NO3. The second-order valence-electron chi connectivity index (χ2n) is 2.31. The Morgan fingerprint density at radius 3 is 2.36 bits per heavy atom. The van der Waals surface area contributed by atoms with Crippen LogP contribution >= 0.6 is 11.6 Å². The van der Waals surface area contributed by atoms with E-state index in [0.717, 1.165) is 0 Å². The maximum absolute atomic E-state index is 12.9. The zero-order chi connectivity index (χ0) is 10.9. The van der Waals surface area contributed by atoms with Crippen LogP contribution in [0.4, 0.5) is 14.5 Å². The van der Waals surface area contributed by atoms with Crippen molar-refractivity contribution in [2.45, 2.75) is 0 Å². The van der Waals surface area contributed by atoms with E-state index < -0.39 is 33.1 Å². The highest BCUT2D eigenvalue weighted by Crippen LogP contribution is 2.22. The molecule has 1 aromatic carbocycles. The van der Waals surface area contributed by atoms with E-state index in [1.807, 2.05) is 0 Å². The van der Waals surface area contributed by atoms with E-state index in [4.69, 9.17) is 11.6 Å². The van der Waals surface area contributed by atoms with E-state index in [1.165, 1.54) is 0 Å². The molecule has 0 atom stereocenters. The van der Waals surface area contributed by atoms with Crippen LogP contribution in [0.2, 0.25) is 0 Å². The quantitative estimate of drug-likeness (QED) is 0.437. The molecule has 0 radical (unpaired) electrons. The lowest BCUT2D eigenvalue weighted by Crippen LogP contribution is -2.00. The van der Waals surface area contributed by atoms with Gasteiger partial charge in [-0.1, -0.05) is 0 Å². The first-order valence-corrected chi connectivity index (χ1v) is 3.64. The number of hydrogen-bond acceptors (Lipinski definition) is 3. The third kappa shape index (κ3) is 1.85. The Bertz CT molecular complexity index is 382. The molecule has 0 aliphatic heterocycles. The zero-order valence-electron chi connectivity index (χ0n) is 6.46. The lowest BCUT2D eigenvalue weighted by Gasteiger charge is -1.98. The summed E-state index contributed by atoms with van der Waals surface area (Å²) >= 11 is 4.90. The van der Waals surface area contributed by atoms with Crippen molar-refractivity contribution in [2.24, 2.45) is 0 Å². The van der Waals surface area contributed by atoms with Crippen molar-refractivity contribution in [1.29, 1.82) is 0 Å². The highest BCUT2D eigenvalue weighted by atomic mass is 35.5. The monoisotopic (exact) mass is 221 g/mol. The van der Waals surface area contributed by atoms with Gasteiger partial charge in [-0.3, -0.25) is 14.9 Å². The van der Waals surface area contributed by atoms with Crippen LogP contribution in [-0.4, -0.2) is 10.2 Å². The van der Waals surface area contributed by atoms with E-state index in [2.05, 4.69) is 0 Å². The van der Waals surface area contributed by atoms with Crippen LogP contribution in [0.25, 0.3) is 0 Å². The first-order chi connectivity index (χ1) is 6.43. The highest BCUT2D eigenvalue weighted by molar-refractivity contribution is 6.67. The van der Waals surface area contributed by atoms with Gasteiger partial charge < -0.3 is 0 Å². The molecule has 0 spiro atoms. The smallest absolute Gasteiger partial charge is 0.275 e. The minimum atomic E-state index is -1.31. The molecule has 1 aromatic rings. The van der Waals surface area contributed by atoms with Crippen molar-refractivity contribution < 1.29 is 18.5 Å². The third-order valence-corrected chi connectivity index (χ3v) is 1.65. The summed E-state index contributed by atoms with van der Waals surface area (Å²) in [6.07, 6.45) is 0. The van der Waals surface area contributed by atoms with Crippen LogP contribution in [-0.2, 0) is 0 Å². The fourth-order valence-corrected chi connectivity index (χ4v) is 0.972. The Morgan fingerprint density at radius 2 is 1.93 bits per heavy atom. The number of benzene rings is 1. The third-order valence-electron chi connectivity index (χ3n) is 1.44. The second-order valence-corrected chi connectivity index (χ2v) is 2.66. The van der Waals surface area contributed by atoms with Crippen molar-refractivity contribution in [2.75, 3.05) is 0 Å². The Morgan fingerprint density at radius 1 is 1.36 bits per heavy atom. The SMILES string of the molecule is O=C(Cl)c1cc(F)c([N+](=O)[O-])cc1F. The number of nitrogens with zero attached hydrogens (tertiary/aromatic N) is 1. The average molecular weight is 222 g/mol. The maximum atomic E-state index is 12.9. The summed E-state index contributed by atoms with van der Waals surface area (Å²) in [5.74, 6) is -2.53.